The highest BCUT2D eigenvalue weighted by Gasteiger charge is 2.42. The molecule has 0 atom stereocenters. The first-order valence-corrected chi connectivity index (χ1v) is 17.1. The van der Waals surface area contributed by atoms with Crippen LogP contribution in [0.3, 0.4) is 0 Å². The second-order valence-corrected chi connectivity index (χ2v) is 12.5. The van der Waals surface area contributed by atoms with Gasteiger partial charge in [0.15, 0.2) is 5.82 Å². The van der Waals surface area contributed by atoms with Gasteiger partial charge in [0.1, 0.15) is 5.54 Å². The summed E-state index contributed by atoms with van der Waals surface area (Å²) in [4.78, 5) is 18.5. The number of hydrogen-bond acceptors (Lipinski definition) is 6. The number of aromatic nitrogens is 5. The van der Waals surface area contributed by atoms with Crippen molar-refractivity contribution in [3.05, 3.63) is 191 Å². The average Bonchev–Trinajstić information content (AvgIpc) is 3.67. The highest BCUT2D eigenvalue weighted by atomic mass is 16.4. The first-order valence-electron chi connectivity index (χ1n) is 17.1. The van der Waals surface area contributed by atoms with Crippen LogP contribution in [-0.2, 0) is 18.6 Å². The smallest absolute Gasteiger partial charge is 0.337 e. The summed E-state index contributed by atoms with van der Waals surface area (Å²) in [5, 5.41) is 23.5. The molecule has 0 saturated heterocycles. The molecule has 1 N–H and O–H groups in total. The molecule has 0 amide bonds. The number of nitrogens with zero attached hydrogens (tertiary/aromatic N) is 6. The number of carboxylic acid groups (broad SMARTS) is 1. The van der Waals surface area contributed by atoms with Crippen LogP contribution in [0.1, 0.15) is 51.7 Å². The maximum atomic E-state index is 11.8. The van der Waals surface area contributed by atoms with Crippen molar-refractivity contribution in [2.75, 3.05) is 6.54 Å². The maximum Gasteiger partial charge on any atom is 0.337 e. The number of pyridine rings is 1. The van der Waals surface area contributed by atoms with Gasteiger partial charge in [-0.3, -0.25) is 9.88 Å². The normalized spacial score (nSPS) is 11.5. The van der Waals surface area contributed by atoms with Crippen molar-refractivity contribution in [1.82, 2.24) is 30.1 Å². The Morgan fingerprint density at radius 3 is 1.82 bits per heavy atom. The van der Waals surface area contributed by atoms with Gasteiger partial charge in [0.25, 0.3) is 0 Å². The quantitative estimate of drug-likeness (QED) is 0.123. The maximum absolute atomic E-state index is 11.8. The third-order valence-electron chi connectivity index (χ3n) is 9.23. The van der Waals surface area contributed by atoms with Crippen molar-refractivity contribution in [2.24, 2.45) is 0 Å². The van der Waals surface area contributed by atoms with Crippen LogP contribution in [0, 0.1) is 0 Å². The molecule has 0 unspecified atom stereocenters. The molecule has 8 heteroatoms. The number of benzene rings is 5. The summed E-state index contributed by atoms with van der Waals surface area (Å²) < 4.78 is 1.96. The third kappa shape index (κ3) is 6.69. The lowest BCUT2D eigenvalue weighted by molar-refractivity contribution is 0.0693. The fourth-order valence-corrected chi connectivity index (χ4v) is 6.96. The molecule has 0 bridgehead atoms. The van der Waals surface area contributed by atoms with E-state index in [9.17, 15) is 9.90 Å². The molecule has 0 aliphatic carbocycles. The van der Waals surface area contributed by atoms with Crippen LogP contribution in [0.25, 0.3) is 22.5 Å². The lowest BCUT2D eigenvalue weighted by Gasteiger charge is -2.36. The van der Waals surface area contributed by atoms with Crippen LogP contribution in [0.4, 0.5) is 0 Å². The zero-order valence-electron chi connectivity index (χ0n) is 28.4. The van der Waals surface area contributed by atoms with Crippen molar-refractivity contribution in [2.45, 2.75) is 32.0 Å². The van der Waals surface area contributed by atoms with Crippen LogP contribution in [0.5, 0.6) is 0 Å². The summed E-state index contributed by atoms with van der Waals surface area (Å²) in [6.45, 7) is 4.06. The number of hydrogen-bond donors (Lipinski definition) is 1. The molecule has 5 aromatic carbocycles. The van der Waals surface area contributed by atoms with E-state index in [1.807, 2.05) is 35.0 Å². The van der Waals surface area contributed by atoms with E-state index >= 15 is 0 Å². The summed E-state index contributed by atoms with van der Waals surface area (Å²) in [7, 11) is 0. The van der Waals surface area contributed by atoms with Gasteiger partial charge in [0, 0.05) is 24.8 Å². The molecule has 252 valence electrons. The van der Waals surface area contributed by atoms with Crippen molar-refractivity contribution >= 4 is 5.97 Å². The Labute approximate surface area is 297 Å². The molecule has 2 heterocycles. The van der Waals surface area contributed by atoms with E-state index in [1.54, 1.807) is 18.3 Å². The fourth-order valence-electron chi connectivity index (χ4n) is 6.96. The van der Waals surface area contributed by atoms with Gasteiger partial charge in [-0.2, -0.15) is 0 Å². The predicted octanol–water partition coefficient (Wildman–Crippen LogP) is 8.35. The van der Waals surface area contributed by atoms with E-state index in [1.165, 1.54) is 0 Å². The van der Waals surface area contributed by atoms with Crippen LogP contribution >= 0.6 is 0 Å². The van der Waals surface area contributed by atoms with Crippen LogP contribution in [-0.4, -0.2) is 47.7 Å². The van der Waals surface area contributed by atoms with Crippen LogP contribution < -0.4 is 0 Å². The first-order chi connectivity index (χ1) is 25.1. The lowest BCUT2D eigenvalue weighted by Crippen LogP contribution is -2.39. The number of carboxylic acids is 1. The van der Waals surface area contributed by atoms with Gasteiger partial charge < -0.3 is 5.11 Å². The topological polar surface area (TPSA) is 97.0 Å². The summed E-state index contributed by atoms with van der Waals surface area (Å²) in [6, 6.07) is 51.3. The van der Waals surface area contributed by atoms with Gasteiger partial charge in [-0.25, -0.2) is 9.48 Å². The first kappa shape index (κ1) is 33.3. The molecule has 8 nitrogen and oxygen atoms in total. The molecular formula is C43H38N6O2. The summed E-state index contributed by atoms with van der Waals surface area (Å²) in [5.41, 5.74) is 7.13. The Morgan fingerprint density at radius 2 is 1.25 bits per heavy atom. The molecule has 2 aromatic heterocycles. The number of carbonyl (C=O) groups is 1. The largest absolute Gasteiger partial charge is 0.478 e. The number of aromatic carboxylic acids is 1. The molecule has 0 saturated carbocycles. The molecule has 51 heavy (non-hydrogen) atoms. The van der Waals surface area contributed by atoms with Crippen molar-refractivity contribution in [3.8, 4) is 22.5 Å². The van der Waals surface area contributed by atoms with Crippen molar-refractivity contribution in [1.29, 1.82) is 0 Å². The predicted molar refractivity (Wildman–Crippen MR) is 199 cm³/mol. The Hall–Kier alpha value is -6.25. The lowest BCUT2D eigenvalue weighted by atomic mass is 9.77. The van der Waals surface area contributed by atoms with Gasteiger partial charge in [0.2, 0.25) is 0 Å². The molecular weight excluding hydrogens is 633 g/mol. The molecule has 0 radical (unpaired) electrons. The van der Waals surface area contributed by atoms with Gasteiger partial charge in [0.05, 0.1) is 11.3 Å². The van der Waals surface area contributed by atoms with E-state index < -0.39 is 11.5 Å². The number of rotatable bonds is 13. The van der Waals surface area contributed by atoms with E-state index in [-0.39, 0.29) is 5.56 Å². The van der Waals surface area contributed by atoms with Crippen LogP contribution in [0.2, 0.25) is 0 Å². The Morgan fingerprint density at radius 1 is 0.686 bits per heavy atom. The van der Waals surface area contributed by atoms with Crippen molar-refractivity contribution in [3.63, 3.8) is 0 Å². The average molecular weight is 671 g/mol. The molecule has 7 rings (SSSR count). The summed E-state index contributed by atoms with van der Waals surface area (Å²) >= 11 is 0. The van der Waals surface area contributed by atoms with E-state index in [4.69, 9.17) is 10.3 Å². The minimum atomic E-state index is -0.961. The van der Waals surface area contributed by atoms with E-state index in [2.05, 4.69) is 131 Å². The van der Waals surface area contributed by atoms with Gasteiger partial charge in [-0.15, -0.1) is 5.10 Å². The Bertz CT molecular complexity index is 2110. The fraction of sp³-hybridized carbons (Fsp3) is 0.140. The SMILES string of the molecule is CCCN(Cc1ccc(-c2ccccc2-c2nnnn2C(c2ccccc2)(c2ccccc2)c2ccccc2)cc1)Cc1ncccc1C(=O)O. The van der Waals surface area contributed by atoms with Gasteiger partial charge in [-0.1, -0.05) is 146 Å². The monoisotopic (exact) mass is 670 g/mol. The molecule has 0 aliphatic rings. The molecule has 0 aliphatic heterocycles. The Kier molecular flexibility index (Phi) is 9.85. The second-order valence-electron chi connectivity index (χ2n) is 12.5. The minimum absolute atomic E-state index is 0.240. The second kappa shape index (κ2) is 15.1. The summed E-state index contributed by atoms with van der Waals surface area (Å²) in [6.07, 6.45) is 2.59. The zero-order valence-corrected chi connectivity index (χ0v) is 28.4. The highest BCUT2D eigenvalue weighted by Crippen LogP contribution is 2.43. The molecule has 0 fully saturated rings. The molecule has 0 spiro atoms. The standard InChI is InChI=1S/C43H38N6O2/c1-2-29-48(31-40-39(42(50)51)23-14-28-44-40)30-32-24-26-33(27-25-32)37-21-12-13-22-38(37)41-45-46-47-49(41)43(34-15-6-3-7-16-34,35-17-8-4-9-18-35)36-19-10-5-11-20-36/h3-28H,2,29-31H2,1H3,(H,50,51). The van der Waals surface area contributed by atoms with Crippen molar-refractivity contribution < 1.29 is 9.90 Å². The minimum Gasteiger partial charge on any atom is -0.478 e. The zero-order chi connectivity index (χ0) is 35.0. The van der Waals surface area contributed by atoms with Gasteiger partial charge >= 0.3 is 5.97 Å². The highest BCUT2D eigenvalue weighted by molar-refractivity contribution is 5.88. The Balaban J connectivity index is 1.28. The third-order valence-corrected chi connectivity index (χ3v) is 9.23. The van der Waals surface area contributed by atoms with Gasteiger partial charge in [-0.05, 0) is 68.9 Å². The van der Waals surface area contributed by atoms with E-state index in [0.29, 0.717) is 24.6 Å². The summed E-state index contributed by atoms with van der Waals surface area (Å²) in [5.74, 6) is -0.318. The number of tetrazole rings is 1. The van der Waals surface area contributed by atoms with Crippen LogP contribution in [0.15, 0.2) is 158 Å². The molecule has 7 aromatic rings. The van der Waals surface area contributed by atoms with E-state index in [0.717, 1.165) is 51.9 Å².